The highest BCUT2D eigenvalue weighted by atomic mass is 32.2. The van der Waals surface area contributed by atoms with Crippen LogP contribution in [-0.4, -0.2) is 25.8 Å². The van der Waals surface area contributed by atoms with Crippen LogP contribution in [-0.2, 0) is 10.0 Å². The van der Waals surface area contributed by atoms with E-state index in [1.165, 1.54) is 4.31 Å². The Kier molecular flexibility index (Phi) is 3.92. The molecule has 1 aliphatic rings. The van der Waals surface area contributed by atoms with Gasteiger partial charge in [0, 0.05) is 19.2 Å². The Bertz CT molecular complexity index is 564. The van der Waals surface area contributed by atoms with Crippen molar-refractivity contribution in [3.05, 3.63) is 29.8 Å². The Morgan fingerprint density at radius 3 is 2.26 bits per heavy atom. The van der Waals surface area contributed by atoms with Crippen molar-refractivity contribution in [1.82, 2.24) is 4.31 Å². The van der Waals surface area contributed by atoms with Gasteiger partial charge in [-0.25, -0.2) is 17.2 Å². The summed E-state index contributed by atoms with van der Waals surface area (Å²) >= 11 is 0. The minimum Gasteiger partial charge on any atom is -0.207 e. The highest BCUT2D eigenvalue weighted by Gasteiger charge is 2.33. The van der Waals surface area contributed by atoms with E-state index in [-0.39, 0.29) is 11.8 Å². The van der Waals surface area contributed by atoms with Gasteiger partial charge in [0.1, 0.15) is 16.5 Å². The molecule has 106 valence electrons. The van der Waals surface area contributed by atoms with E-state index < -0.39 is 26.6 Å². The predicted molar refractivity (Wildman–Crippen MR) is 68.1 cm³/mol. The number of piperidine rings is 1. The van der Waals surface area contributed by atoms with E-state index >= 15 is 0 Å². The zero-order chi connectivity index (χ0) is 14.2. The van der Waals surface area contributed by atoms with Gasteiger partial charge < -0.3 is 0 Å². The second kappa shape index (κ2) is 5.17. The van der Waals surface area contributed by atoms with E-state index in [9.17, 15) is 17.2 Å². The highest BCUT2D eigenvalue weighted by molar-refractivity contribution is 7.89. The second-order valence-electron chi connectivity index (χ2n) is 5.34. The Morgan fingerprint density at radius 2 is 1.74 bits per heavy atom. The van der Waals surface area contributed by atoms with Crippen molar-refractivity contribution in [2.45, 2.75) is 25.2 Å². The van der Waals surface area contributed by atoms with Gasteiger partial charge in [-0.05, 0) is 30.4 Å². The SMILES string of the molecule is C[C@@H]1C[C@H](C)CN(S(=O)(=O)c2ccc(F)cc2F)C1. The molecule has 1 saturated heterocycles. The van der Waals surface area contributed by atoms with Gasteiger partial charge in [-0.15, -0.1) is 0 Å². The van der Waals surface area contributed by atoms with Crippen LogP contribution in [0.2, 0.25) is 0 Å². The van der Waals surface area contributed by atoms with Crippen LogP contribution in [0.15, 0.2) is 23.1 Å². The maximum Gasteiger partial charge on any atom is 0.246 e. The summed E-state index contributed by atoms with van der Waals surface area (Å²) < 4.78 is 52.5. The van der Waals surface area contributed by atoms with Crippen molar-refractivity contribution < 1.29 is 17.2 Å². The Morgan fingerprint density at radius 1 is 1.16 bits per heavy atom. The first-order valence-corrected chi connectivity index (χ1v) is 7.70. The molecule has 2 atom stereocenters. The van der Waals surface area contributed by atoms with Crippen LogP contribution in [0.3, 0.4) is 0 Å². The molecule has 0 spiro atoms. The smallest absolute Gasteiger partial charge is 0.207 e. The Balaban J connectivity index is 2.36. The van der Waals surface area contributed by atoms with E-state index in [4.69, 9.17) is 0 Å². The van der Waals surface area contributed by atoms with Crippen LogP contribution in [0.25, 0.3) is 0 Å². The minimum absolute atomic E-state index is 0.238. The lowest BCUT2D eigenvalue weighted by molar-refractivity contribution is 0.222. The second-order valence-corrected chi connectivity index (χ2v) is 7.25. The third-order valence-electron chi connectivity index (χ3n) is 3.35. The first-order chi connectivity index (χ1) is 8.80. The summed E-state index contributed by atoms with van der Waals surface area (Å²) in [6.45, 7) is 4.70. The van der Waals surface area contributed by atoms with Gasteiger partial charge in [-0.2, -0.15) is 4.31 Å². The number of halogens is 2. The average Bonchev–Trinajstić information content (AvgIpc) is 2.26. The molecule has 0 amide bonds. The first-order valence-electron chi connectivity index (χ1n) is 6.26. The summed E-state index contributed by atoms with van der Waals surface area (Å²) in [5.74, 6) is -1.34. The van der Waals surface area contributed by atoms with Crippen LogP contribution >= 0.6 is 0 Å². The number of rotatable bonds is 2. The normalized spacial score (nSPS) is 25.5. The maximum absolute atomic E-state index is 13.6. The average molecular weight is 289 g/mol. The molecule has 6 heteroatoms. The van der Waals surface area contributed by atoms with Crippen LogP contribution in [0.4, 0.5) is 8.78 Å². The molecule has 1 aromatic carbocycles. The molecule has 19 heavy (non-hydrogen) atoms. The topological polar surface area (TPSA) is 37.4 Å². The van der Waals surface area contributed by atoms with Gasteiger partial charge >= 0.3 is 0 Å². The Labute approximate surface area is 112 Å². The van der Waals surface area contributed by atoms with Gasteiger partial charge in [0.25, 0.3) is 0 Å². The van der Waals surface area contributed by atoms with E-state index in [0.29, 0.717) is 19.2 Å². The number of nitrogens with zero attached hydrogens (tertiary/aromatic N) is 1. The molecule has 2 rings (SSSR count). The van der Waals surface area contributed by atoms with Crippen LogP contribution in [0.1, 0.15) is 20.3 Å². The molecule has 0 aromatic heterocycles. The molecule has 0 saturated carbocycles. The first kappa shape index (κ1) is 14.4. The van der Waals surface area contributed by atoms with Crippen molar-refractivity contribution in [2.75, 3.05) is 13.1 Å². The quantitative estimate of drug-likeness (QED) is 0.839. The summed E-state index contributed by atoms with van der Waals surface area (Å²) in [7, 11) is -3.88. The molecule has 0 N–H and O–H groups in total. The van der Waals surface area contributed by atoms with Gasteiger partial charge in [0.05, 0.1) is 0 Å². The molecule has 1 heterocycles. The summed E-state index contributed by atoms with van der Waals surface area (Å²) in [6, 6.07) is 2.56. The van der Waals surface area contributed by atoms with Crippen LogP contribution in [0, 0.1) is 23.5 Å². The van der Waals surface area contributed by atoms with Crippen molar-refractivity contribution in [3.8, 4) is 0 Å². The van der Waals surface area contributed by atoms with Gasteiger partial charge in [-0.3, -0.25) is 0 Å². The highest BCUT2D eigenvalue weighted by Crippen LogP contribution is 2.27. The van der Waals surface area contributed by atoms with Crippen molar-refractivity contribution in [1.29, 1.82) is 0 Å². The molecular weight excluding hydrogens is 272 g/mol. The molecule has 3 nitrogen and oxygen atoms in total. The number of hydrogen-bond acceptors (Lipinski definition) is 2. The molecule has 1 aliphatic heterocycles. The Hall–Kier alpha value is -1.01. The minimum atomic E-state index is -3.88. The predicted octanol–water partition coefficient (Wildman–Crippen LogP) is 2.63. The van der Waals surface area contributed by atoms with E-state index in [1.54, 1.807) is 0 Å². The summed E-state index contributed by atoms with van der Waals surface area (Å²) in [5.41, 5.74) is 0. The van der Waals surface area contributed by atoms with Gasteiger partial charge in [0.15, 0.2) is 0 Å². The molecule has 0 unspecified atom stereocenters. The summed E-state index contributed by atoms with van der Waals surface area (Å²) in [4.78, 5) is -0.449. The number of benzene rings is 1. The van der Waals surface area contributed by atoms with Gasteiger partial charge in [-0.1, -0.05) is 13.8 Å². The maximum atomic E-state index is 13.6. The lowest BCUT2D eigenvalue weighted by Gasteiger charge is -2.34. The molecule has 1 fully saturated rings. The molecule has 0 radical (unpaired) electrons. The molecular formula is C13H17F2NO2S. The lowest BCUT2D eigenvalue weighted by atomic mass is 9.94. The largest absolute Gasteiger partial charge is 0.246 e. The summed E-state index contributed by atoms with van der Waals surface area (Å²) in [5, 5.41) is 0. The lowest BCUT2D eigenvalue weighted by Crippen LogP contribution is -2.42. The molecule has 0 bridgehead atoms. The fraction of sp³-hybridized carbons (Fsp3) is 0.538. The van der Waals surface area contributed by atoms with Crippen LogP contribution < -0.4 is 0 Å². The van der Waals surface area contributed by atoms with E-state index in [0.717, 1.165) is 18.6 Å². The third-order valence-corrected chi connectivity index (χ3v) is 5.21. The summed E-state index contributed by atoms with van der Waals surface area (Å²) in [6.07, 6.45) is 0.956. The molecule has 1 aromatic rings. The zero-order valence-electron chi connectivity index (χ0n) is 10.9. The number of hydrogen-bond donors (Lipinski definition) is 0. The number of sulfonamides is 1. The van der Waals surface area contributed by atoms with Crippen molar-refractivity contribution in [3.63, 3.8) is 0 Å². The molecule has 0 aliphatic carbocycles. The standard InChI is InChI=1S/C13H17F2NO2S/c1-9-5-10(2)8-16(7-9)19(17,18)13-4-3-11(14)6-12(13)15/h3-4,6,9-10H,5,7-8H2,1-2H3/t9-,10+. The van der Waals surface area contributed by atoms with Crippen molar-refractivity contribution >= 4 is 10.0 Å². The fourth-order valence-corrected chi connectivity index (χ4v) is 4.35. The fourth-order valence-electron chi connectivity index (χ4n) is 2.63. The van der Waals surface area contributed by atoms with E-state index in [2.05, 4.69) is 0 Å². The van der Waals surface area contributed by atoms with Crippen molar-refractivity contribution in [2.24, 2.45) is 11.8 Å². The zero-order valence-corrected chi connectivity index (χ0v) is 11.8. The van der Waals surface area contributed by atoms with E-state index in [1.807, 2.05) is 13.8 Å². The third kappa shape index (κ3) is 2.95. The van der Waals surface area contributed by atoms with Gasteiger partial charge in [0.2, 0.25) is 10.0 Å². The van der Waals surface area contributed by atoms with Crippen LogP contribution in [0.5, 0.6) is 0 Å². The monoisotopic (exact) mass is 289 g/mol.